The summed E-state index contributed by atoms with van der Waals surface area (Å²) in [6.07, 6.45) is 2.32. The summed E-state index contributed by atoms with van der Waals surface area (Å²) in [5, 5.41) is 17.2. The lowest BCUT2D eigenvalue weighted by Crippen LogP contribution is -2.28. The van der Waals surface area contributed by atoms with Gasteiger partial charge in [-0.15, -0.1) is 10.2 Å². The van der Waals surface area contributed by atoms with Crippen LogP contribution in [0.3, 0.4) is 0 Å². The van der Waals surface area contributed by atoms with Crippen molar-refractivity contribution in [2.24, 2.45) is 5.14 Å². The SMILES string of the molecule is CCn1c(SCC(=O)N[C@@H](C)c2ccc(S(N)(=O)=O)cc2)nnc1C1CC1. The van der Waals surface area contributed by atoms with Gasteiger partial charge in [0.05, 0.1) is 16.7 Å². The van der Waals surface area contributed by atoms with Crippen molar-refractivity contribution in [3.8, 4) is 0 Å². The van der Waals surface area contributed by atoms with Crippen molar-refractivity contribution in [1.29, 1.82) is 0 Å². The van der Waals surface area contributed by atoms with Crippen LogP contribution < -0.4 is 10.5 Å². The second kappa shape index (κ2) is 7.99. The van der Waals surface area contributed by atoms with Crippen LogP contribution in [0, 0.1) is 0 Å². The number of primary sulfonamides is 1. The van der Waals surface area contributed by atoms with Gasteiger partial charge in [-0.3, -0.25) is 4.79 Å². The molecule has 2 aromatic rings. The van der Waals surface area contributed by atoms with Crippen molar-refractivity contribution in [2.75, 3.05) is 5.75 Å². The fourth-order valence-electron chi connectivity index (χ4n) is 2.79. The normalized spacial score (nSPS) is 15.5. The van der Waals surface area contributed by atoms with E-state index in [1.807, 2.05) is 13.8 Å². The van der Waals surface area contributed by atoms with E-state index in [1.54, 1.807) is 12.1 Å². The molecule has 27 heavy (non-hydrogen) atoms. The summed E-state index contributed by atoms with van der Waals surface area (Å²) >= 11 is 1.37. The van der Waals surface area contributed by atoms with E-state index in [1.165, 1.54) is 23.9 Å². The van der Waals surface area contributed by atoms with Crippen LogP contribution in [-0.4, -0.2) is 34.8 Å². The number of hydrogen-bond donors (Lipinski definition) is 2. The number of carbonyl (C=O) groups is 1. The number of nitrogens with two attached hydrogens (primary N) is 1. The van der Waals surface area contributed by atoms with E-state index < -0.39 is 10.0 Å². The summed E-state index contributed by atoms with van der Waals surface area (Å²) in [6.45, 7) is 4.68. The van der Waals surface area contributed by atoms with Crippen LogP contribution in [0.25, 0.3) is 0 Å². The number of benzene rings is 1. The molecule has 1 fully saturated rings. The van der Waals surface area contributed by atoms with Gasteiger partial charge in [-0.1, -0.05) is 23.9 Å². The third-order valence-electron chi connectivity index (χ3n) is 4.42. The van der Waals surface area contributed by atoms with Crippen LogP contribution in [0.2, 0.25) is 0 Å². The molecule has 0 unspecified atom stereocenters. The number of hydrogen-bond acceptors (Lipinski definition) is 6. The fraction of sp³-hybridized carbons (Fsp3) is 0.471. The van der Waals surface area contributed by atoms with E-state index in [2.05, 4.69) is 20.1 Å². The van der Waals surface area contributed by atoms with Gasteiger partial charge in [0, 0.05) is 12.5 Å². The van der Waals surface area contributed by atoms with Crippen LogP contribution in [-0.2, 0) is 21.4 Å². The van der Waals surface area contributed by atoms with Crippen LogP contribution in [0.15, 0.2) is 34.3 Å². The molecule has 0 aliphatic heterocycles. The monoisotopic (exact) mass is 409 g/mol. The van der Waals surface area contributed by atoms with Crippen molar-refractivity contribution in [3.63, 3.8) is 0 Å². The molecule has 1 aromatic carbocycles. The first-order chi connectivity index (χ1) is 12.8. The van der Waals surface area contributed by atoms with Crippen LogP contribution in [0.1, 0.15) is 50.0 Å². The average Bonchev–Trinajstić information content (AvgIpc) is 3.39. The van der Waals surface area contributed by atoms with Gasteiger partial charge in [-0.05, 0) is 44.4 Å². The summed E-state index contributed by atoms with van der Waals surface area (Å²) in [7, 11) is -3.72. The number of nitrogens with one attached hydrogen (secondary N) is 1. The minimum absolute atomic E-state index is 0.0469. The number of sulfonamides is 1. The predicted octanol–water partition coefficient (Wildman–Crippen LogP) is 1.79. The van der Waals surface area contributed by atoms with E-state index in [-0.39, 0.29) is 22.6 Å². The zero-order valence-electron chi connectivity index (χ0n) is 15.3. The number of thioether (sulfide) groups is 1. The van der Waals surface area contributed by atoms with E-state index in [4.69, 9.17) is 5.14 Å². The van der Waals surface area contributed by atoms with Gasteiger partial charge >= 0.3 is 0 Å². The Labute approximate surface area is 163 Å². The van der Waals surface area contributed by atoms with Crippen LogP contribution in [0.4, 0.5) is 0 Å². The molecule has 1 aromatic heterocycles. The molecule has 0 spiro atoms. The van der Waals surface area contributed by atoms with Crippen molar-refractivity contribution in [1.82, 2.24) is 20.1 Å². The number of amides is 1. The highest BCUT2D eigenvalue weighted by Gasteiger charge is 2.30. The third kappa shape index (κ3) is 4.88. The summed E-state index contributed by atoms with van der Waals surface area (Å²) in [6, 6.07) is 5.91. The first kappa shape index (κ1) is 19.8. The standard InChI is InChI=1S/C17H23N5O3S2/c1-3-22-16(13-4-5-13)20-21-17(22)26-10-15(23)19-11(2)12-6-8-14(9-7-12)27(18,24)25/h6-9,11,13H,3-5,10H2,1-2H3,(H,19,23)(H2,18,24,25)/t11-/m0/s1. The van der Waals surface area contributed by atoms with Crippen LogP contribution in [0.5, 0.6) is 0 Å². The maximum absolute atomic E-state index is 12.3. The first-order valence-electron chi connectivity index (χ1n) is 8.77. The highest BCUT2D eigenvalue weighted by Crippen LogP contribution is 2.39. The average molecular weight is 410 g/mol. The molecule has 1 aliphatic rings. The van der Waals surface area contributed by atoms with Crippen molar-refractivity contribution >= 4 is 27.7 Å². The lowest BCUT2D eigenvalue weighted by Gasteiger charge is -2.14. The number of rotatable bonds is 8. The summed E-state index contributed by atoms with van der Waals surface area (Å²) in [5.41, 5.74) is 0.800. The minimum atomic E-state index is -3.72. The predicted molar refractivity (Wildman–Crippen MR) is 103 cm³/mol. The van der Waals surface area contributed by atoms with E-state index in [0.717, 1.165) is 35.9 Å². The third-order valence-corrected chi connectivity index (χ3v) is 6.32. The zero-order valence-corrected chi connectivity index (χ0v) is 16.9. The lowest BCUT2D eigenvalue weighted by molar-refractivity contribution is -0.119. The smallest absolute Gasteiger partial charge is 0.238 e. The maximum Gasteiger partial charge on any atom is 0.238 e. The van der Waals surface area contributed by atoms with Gasteiger partial charge in [-0.25, -0.2) is 13.6 Å². The second-order valence-corrected chi connectivity index (χ2v) is 9.06. The molecule has 146 valence electrons. The van der Waals surface area contributed by atoms with E-state index >= 15 is 0 Å². The topological polar surface area (TPSA) is 120 Å². The zero-order chi connectivity index (χ0) is 19.6. The molecule has 8 nitrogen and oxygen atoms in total. The lowest BCUT2D eigenvalue weighted by atomic mass is 10.1. The Kier molecular flexibility index (Phi) is 5.87. The summed E-state index contributed by atoms with van der Waals surface area (Å²) < 4.78 is 24.7. The number of nitrogens with zero attached hydrogens (tertiary/aromatic N) is 3. The Morgan fingerprint density at radius 3 is 2.56 bits per heavy atom. The Balaban J connectivity index is 1.56. The Bertz CT molecular complexity index is 921. The second-order valence-electron chi connectivity index (χ2n) is 6.55. The Hall–Kier alpha value is -1.91. The van der Waals surface area contributed by atoms with Crippen molar-refractivity contribution in [3.05, 3.63) is 35.7 Å². The van der Waals surface area contributed by atoms with Crippen molar-refractivity contribution in [2.45, 2.75) is 55.2 Å². The molecule has 3 rings (SSSR count). The Morgan fingerprint density at radius 1 is 1.33 bits per heavy atom. The van der Waals surface area contributed by atoms with Gasteiger partial charge < -0.3 is 9.88 Å². The molecule has 3 N–H and O–H groups in total. The largest absolute Gasteiger partial charge is 0.349 e. The van der Waals surface area contributed by atoms with Gasteiger partial charge in [0.15, 0.2) is 5.16 Å². The molecule has 1 aliphatic carbocycles. The Morgan fingerprint density at radius 2 is 2.00 bits per heavy atom. The summed E-state index contributed by atoms with van der Waals surface area (Å²) in [5.74, 6) is 1.65. The fourth-order valence-corrected chi connectivity index (χ4v) is 4.13. The van der Waals surface area contributed by atoms with Crippen LogP contribution >= 0.6 is 11.8 Å². The molecule has 1 saturated carbocycles. The molecular weight excluding hydrogens is 386 g/mol. The molecule has 0 bridgehead atoms. The van der Waals surface area contributed by atoms with E-state index in [0.29, 0.717) is 5.92 Å². The highest BCUT2D eigenvalue weighted by molar-refractivity contribution is 7.99. The number of aromatic nitrogens is 3. The molecule has 10 heteroatoms. The van der Waals surface area contributed by atoms with E-state index in [9.17, 15) is 13.2 Å². The number of carbonyl (C=O) groups excluding carboxylic acids is 1. The quantitative estimate of drug-likeness (QED) is 0.642. The molecule has 0 radical (unpaired) electrons. The van der Waals surface area contributed by atoms with Gasteiger partial charge in [0.1, 0.15) is 5.82 Å². The van der Waals surface area contributed by atoms with Gasteiger partial charge in [0.2, 0.25) is 15.9 Å². The van der Waals surface area contributed by atoms with Crippen molar-refractivity contribution < 1.29 is 13.2 Å². The minimum Gasteiger partial charge on any atom is -0.349 e. The van der Waals surface area contributed by atoms with Gasteiger partial charge in [0.25, 0.3) is 0 Å². The van der Waals surface area contributed by atoms with Gasteiger partial charge in [-0.2, -0.15) is 0 Å². The molecule has 1 heterocycles. The first-order valence-corrected chi connectivity index (χ1v) is 11.3. The summed E-state index contributed by atoms with van der Waals surface area (Å²) in [4.78, 5) is 12.3. The maximum atomic E-state index is 12.3. The molecule has 0 saturated heterocycles. The molecule has 1 amide bonds. The molecular formula is C17H23N5O3S2. The highest BCUT2D eigenvalue weighted by atomic mass is 32.2. The molecule has 1 atom stereocenters.